The van der Waals surface area contributed by atoms with Crippen LogP contribution >= 0.6 is 11.6 Å². The van der Waals surface area contributed by atoms with E-state index >= 15 is 4.39 Å². The third-order valence-corrected chi connectivity index (χ3v) is 5.52. The topological polar surface area (TPSA) is 116 Å². The Morgan fingerprint density at radius 1 is 1.23 bits per heavy atom. The van der Waals surface area contributed by atoms with Crippen molar-refractivity contribution in [2.24, 2.45) is 0 Å². The van der Waals surface area contributed by atoms with Gasteiger partial charge in [0.2, 0.25) is 0 Å². The zero-order valence-electron chi connectivity index (χ0n) is 20.1. The summed E-state index contributed by atoms with van der Waals surface area (Å²) in [5.74, 6) is -4.16. The number of rotatable bonds is 6. The summed E-state index contributed by atoms with van der Waals surface area (Å²) in [7, 11) is 1.42. The average molecular weight is 516 g/mol. The van der Waals surface area contributed by atoms with Gasteiger partial charge in [0.15, 0.2) is 11.8 Å². The fraction of sp³-hybridized carbons (Fsp3) is 0.217. The molecule has 0 fully saturated rings. The SMILES string of the molecule is CC1=CN(C)C(=O)C(NC(=O)NC(CC(=O)O)c2cccc(-c3ccc(F)c(Cl)c3)c2F)C1=O.[H-].[Na+]. The van der Waals surface area contributed by atoms with Crippen molar-refractivity contribution in [3.63, 3.8) is 0 Å². The number of aliphatic carboxylic acids is 1. The van der Waals surface area contributed by atoms with Crippen molar-refractivity contribution in [2.75, 3.05) is 7.05 Å². The summed E-state index contributed by atoms with van der Waals surface area (Å²) in [6.07, 6.45) is 0.639. The Morgan fingerprint density at radius 3 is 2.54 bits per heavy atom. The Balaban J connectivity index is 0.00000324. The van der Waals surface area contributed by atoms with Gasteiger partial charge in [0.25, 0.3) is 5.91 Å². The number of amides is 3. The van der Waals surface area contributed by atoms with Crippen LogP contribution in [-0.4, -0.2) is 46.8 Å². The number of hydrogen-bond acceptors (Lipinski definition) is 4. The molecule has 3 amide bonds. The van der Waals surface area contributed by atoms with E-state index in [1.807, 2.05) is 0 Å². The molecule has 180 valence electrons. The van der Waals surface area contributed by atoms with E-state index < -0.39 is 53.8 Å². The molecule has 3 rings (SSSR count). The number of likely N-dealkylation sites (N-methyl/N-ethyl adjacent to an activating group) is 1. The molecule has 12 heteroatoms. The van der Waals surface area contributed by atoms with Crippen molar-refractivity contribution in [3.05, 3.63) is 70.4 Å². The number of carbonyl (C=O) groups is 4. The standard InChI is InChI=1S/C23H20ClF2N3O5.Na.H/c1-11-10-29(2)22(33)20(21(11)32)28-23(34)27-17(9-18(30)31)14-5-3-4-13(19(14)26)12-6-7-16(25)15(24)8-12;;/h3-8,10,17,20H,9H2,1-2H3,(H,30,31)(H2,27,28,34);;/q;+1;-1. The number of Topliss-reactive ketones (excluding diaryl/α,β-unsaturated/α-hetero) is 1. The first-order valence-corrected chi connectivity index (χ1v) is 10.4. The molecular weight excluding hydrogens is 495 g/mol. The van der Waals surface area contributed by atoms with Gasteiger partial charge in [0.1, 0.15) is 11.6 Å². The maximum absolute atomic E-state index is 15.4. The van der Waals surface area contributed by atoms with Crippen LogP contribution in [0, 0.1) is 11.6 Å². The number of carboxylic acid groups (broad SMARTS) is 1. The smallest absolute Gasteiger partial charge is 1.00 e. The predicted molar refractivity (Wildman–Crippen MR) is 120 cm³/mol. The molecule has 2 unspecified atom stereocenters. The number of hydrogen-bond donors (Lipinski definition) is 3. The first-order chi connectivity index (χ1) is 16.0. The van der Waals surface area contributed by atoms with Crippen molar-refractivity contribution in [3.8, 4) is 11.1 Å². The van der Waals surface area contributed by atoms with Gasteiger partial charge >= 0.3 is 41.6 Å². The minimum absolute atomic E-state index is 0. The summed E-state index contributed by atoms with van der Waals surface area (Å²) in [6.45, 7) is 1.48. The summed E-state index contributed by atoms with van der Waals surface area (Å²) in [6, 6.07) is 3.83. The molecule has 1 heterocycles. The van der Waals surface area contributed by atoms with Crippen LogP contribution in [0.2, 0.25) is 5.02 Å². The van der Waals surface area contributed by atoms with E-state index in [0.717, 1.165) is 11.0 Å². The monoisotopic (exact) mass is 515 g/mol. The Hall–Kier alpha value is -2.79. The van der Waals surface area contributed by atoms with Crippen LogP contribution in [0.4, 0.5) is 13.6 Å². The number of halogens is 3. The molecular formula is C23H21ClF2N3NaO5. The second-order valence-electron chi connectivity index (χ2n) is 7.66. The van der Waals surface area contributed by atoms with E-state index in [9.17, 15) is 28.7 Å². The quantitative estimate of drug-likeness (QED) is 0.383. The minimum Gasteiger partial charge on any atom is -1.00 e. The number of nitrogens with one attached hydrogen (secondary N) is 2. The van der Waals surface area contributed by atoms with Crippen LogP contribution in [0.1, 0.15) is 26.4 Å². The van der Waals surface area contributed by atoms with Gasteiger partial charge in [-0.05, 0) is 24.6 Å². The molecule has 35 heavy (non-hydrogen) atoms. The number of carbonyl (C=O) groups excluding carboxylic acids is 3. The van der Waals surface area contributed by atoms with Gasteiger partial charge in [-0.15, -0.1) is 0 Å². The third kappa shape index (κ3) is 6.46. The van der Waals surface area contributed by atoms with Gasteiger partial charge in [0.05, 0.1) is 17.5 Å². The Bertz CT molecular complexity index is 1230. The van der Waals surface area contributed by atoms with Crippen LogP contribution in [0.3, 0.4) is 0 Å². The molecule has 0 saturated heterocycles. The van der Waals surface area contributed by atoms with E-state index in [-0.39, 0.29) is 58.3 Å². The largest absolute Gasteiger partial charge is 1.00 e. The zero-order chi connectivity index (χ0) is 25.2. The molecule has 2 atom stereocenters. The van der Waals surface area contributed by atoms with Gasteiger partial charge in [-0.2, -0.15) is 0 Å². The summed E-state index contributed by atoms with van der Waals surface area (Å²) < 4.78 is 28.9. The van der Waals surface area contributed by atoms with Crippen LogP contribution in [0.25, 0.3) is 11.1 Å². The van der Waals surface area contributed by atoms with Crippen molar-refractivity contribution in [1.29, 1.82) is 0 Å². The third-order valence-electron chi connectivity index (χ3n) is 5.23. The predicted octanol–water partition coefficient (Wildman–Crippen LogP) is 0.530. The molecule has 0 saturated carbocycles. The van der Waals surface area contributed by atoms with Gasteiger partial charge in [0, 0.05) is 29.9 Å². The summed E-state index contributed by atoms with van der Waals surface area (Å²) in [4.78, 5) is 49.7. The summed E-state index contributed by atoms with van der Waals surface area (Å²) >= 11 is 5.79. The van der Waals surface area contributed by atoms with Crippen molar-refractivity contribution < 1.29 is 64.0 Å². The van der Waals surface area contributed by atoms with Crippen LogP contribution in [-0.2, 0) is 14.4 Å². The molecule has 0 bridgehead atoms. The molecule has 1 aliphatic heterocycles. The van der Waals surface area contributed by atoms with Gasteiger partial charge in [-0.25, -0.2) is 13.6 Å². The Kier molecular flexibility index (Phi) is 9.56. The first kappa shape index (κ1) is 28.4. The normalized spacial score (nSPS) is 16.2. The molecule has 0 spiro atoms. The van der Waals surface area contributed by atoms with Crippen molar-refractivity contribution >= 4 is 35.3 Å². The van der Waals surface area contributed by atoms with E-state index in [4.69, 9.17) is 11.6 Å². The van der Waals surface area contributed by atoms with Gasteiger partial charge < -0.3 is 22.1 Å². The molecule has 2 aromatic rings. The van der Waals surface area contributed by atoms with Crippen molar-refractivity contribution in [1.82, 2.24) is 15.5 Å². The summed E-state index contributed by atoms with van der Waals surface area (Å²) in [5.41, 5.74) is 0.334. The van der Waals surface area contributed by atoms with Crippen LogP contribution in [0.5, 0.6) is 0 Å². The number of benzene rings is 2. The summed E-state index contributed by atoms with van der Waals surface area (Å²) in [5, 5.41) is 13.6. The number of urea groups is 1. The molecule has 0 aromatic heterocycles. The van der Waals surface area contributed by atoms with Crippen LogP contribution < -0.4 is 40.2 Å². The van der Waals surface area contributed by atoms with E-state index in [1.165, 1.54) is 50.5 Å². The maximum Gasteiger partial charge on any atom is 1.00 e. The molecule has 3 N–H and O–H groups in total. The van der Waals surface area contributed by atoms with E-state index in [2.05, 4.69) is 10.6 Å². The zero-order valence-corrected chi connectivity index (χ0v) is 21.8. The number of ketones is 1. The number of carboxylic acids is 1. The van der Waals surface area contributed by atoms with E-state index in [0.29, 0.717) is 0 Å². The van der Waals surface area contributed by atoms with Crippen LogP contribution in [0.15, 0.2) is 48.2 Å². The Morgan fingerprint density at radius 2 is 1.91 bits per heavy atom. The second-order valence-corrected chi connectivity index (χ2v) is 8.07. The molecule has 1 aliphatic rings. The van der Waals surface area contributed by atoms with Gasteiger partial charge in [-0.1, -0.05) is 35.9 Å². The van der Waals surface area contributed by atoms with Crippen molar-refractivity contribution in [2.45, 2.75) is 25.4 Å². The fourth-order valence-electron chi connectivity index (χ4n) is 3.54. The minimum atomic E-state index is -1.50. The second kappa shape index (κ2) is 11.8. The molecule has 8 nitrogen and oxygen atoms in total. The van der Waals surface area contributed by atoms with E-state index in [1.54, 1.807) is 0 Å². The van der Waals surface area contributed by atoms with Gasteiger partial charge in [-0.3, -0.25) is 14.4 Å². The number of nitrogens with zero attached hydrogens (tertiary/aromatic N) is 1. The first-order valence-electron chi connectivity index (χ1n) is 10.0. The molecule has 0 aliphatic carbocycles. The molecule has 2 aromatic carbocycles. The Labute approximate surface area is 228 Å². The fourth-order valence-corrected chi connectivity index (χ4v) is 3.72. The average Bonchev–Trinajstić information content (AvgIpc) is 2.77. The maximum atomic E-state index is 15.4. The molecule has 0 radical (unpaired) electrons.